The average Bonchev–Trinajstić information content (AvgIpc) is 2.54. The molecule has 0 aliphatic rings. The Morgan fingerprint density at radius 1 is 1.47 bits per heavy atom. The summed E-state index contributed by atoms with van der Waals surface area (Å²) < 4.78 is 7.38. The van der Waals surface area contributed by atoms with Crippen LogP contribution in [0.5, 0.6) is 0 Å². The summed E-state index contributed by atoms with van der Waals surface area (Å²) in [6.07, 6.45) is 0.849. The number of hydrogen-bond donors (Lipinski definition) is 1. The highest BCUT2D eigenvalue weighted by atomic mass is 35.5. The summed E-state index contributed by atoms with van der Waals surface area (Å²) in [7, 11) is 1.90. The number of nitrogens with one attached hydrogen (secondary N) is 1. The van der Waals surface area contributed by atoms with Crippen molar-refractivity contribution in [1.29, 1.82) is 0 Å². The van der Waals surface area contributed by atoms with Crippen molar-refractivity contribution in [3.05, 3.63) is 16.4 Å². The van der Waals surface area contributed by atoms with E-state index in [1.807, 2.05) is 14.0 Å². The number of aryl methyl sites for hydroxylation is 2. The monoisotopic (exact) mass is 259 g/mol. The topological polar surface area (TPSA) is 39.1 Å². The lowest BCUT2D eigenvalue weighted by Gasteiger charge is -2.08. The van der Waals surface area contributed by atoms with Gasteiger partial charge in [0.2, 0.25) is 0 Å². The van der Waals surface area contributed by atoms with Crippen molar-refractivity contribution in [2.75, 3.05) is 13.2 Å². The molecule has 0 amide bonds. The maximum absolute atomic E-state index is 6.21. The van der Waals surface area contributed by atoms with Gasteiger partial charge in [0.15, 0.2) is 0 Å². The van der Waals surface area contributed by atoms with Gasteiger partial charge in [-0.05, 0) is 6.42 Å². The molecule has 1 rings (SSSR count). The smallest absolute Gasteiger partial charge is 0.0900 e. The first-order valence-electron chi connectivity index (χ1n) is 6.07. The second kappa shape index (κ2) is 6.99. The van der Waals surface area contributed by atoms with E-state index in [9.17, 15) is 0 Å². The van der Waals surface area contributed by atoms with Crippen LogP contribution in [-0.2, 0) is 24.8 Å². The Bertz CT molecular complexity index is 350. The molecule has 17 heavy (non-hydrogen) atoms. The van der Waals surface area contributed by atoms with Gasteiger partial charge in [-0.2, -0.15) is 5.10 Å². The molecular weight excluding hydrogens is 238 g/mol. The molecule has 98 valence electrons. The van der Waals surface area contributed by atoms with Crippen LogP contribution in [-0.4, -0.2) is 29.0 Å². The summed E-state index contributed by atoms with van der Waals surface area (Å²) in [5.41, 5.74) is 1.89. The molecule has 0 aliphatic heterocycles. The summed E-state index contributed by atoms with van der Waals surface area (Å²) in [5.74, 6) is 0. The van der Waals surface area contributed by atoms with Crippen LogP contribution in [0, 0.1) is 0 Å². The largest absolute Gasteiger partial charge is 0.374 e. The zero-order valence-electron chi connectivity index (χ0n) is 11.1. The van der Waals surface area contributed by atoms with E-state index in [4.69, 9.17) is 16.3 Å². The van der Waals surface area contributed by atoms with Gasteiger partial charge in [0.05, 0.1) is 29.6 Å². The third-order valence-corrected chi connectivity index (χ3v) is 2.98. The minimum Gasteiger partial charge on any atom is -0.374 e. The summed E-state index contributed by atoms with van der Waals surface area (Å²) in [6.45, 7) is 8.33. The molecular formula is C12H22ClN3O. The van der Waals surface area contributed by atoms with E-state index in [1.54, 1.807) is 4.68 Å². The zero-order chi connectivity index (χ0) is 12.8. The van der Waals surface area contributed by atoms with E-state index in [-0.39, 0.29) is 0 Å². The minimum absolute atomic E-state index is 0.491. The van der Waals surface area contributed by atoms with Crippen molar-refractivity contribution < 1.29 is 4.74 Å². The van der Waals surface area contributed by atoms with Crippen molar-refractivity contribution in [3.8, 4) is 0 Å². The maximum atomic E-state index is 6.21. The van der Waals surface area contributed by atoms with Crippen LogP contribution in [0.15, 0.2) is 0 Å². The Labute approximate surface area is 108 Å². The molecule has 0 saturated heterocycles. The van der Waals surface area contributed by atoms with Gasteiger partial charge >= 0.3 is 0 Å². The molecule has 0 saturated carbocycles. The molecule has 0 spiro atoms. The SMILES string of the molecule is CCc1nn(C)c(COCCNC(C)C)c1Cl. The van der Waals surface area contributed by atoms with E-state index < -0.39 is 0 Å². The first kappa shape index (κ1) is 14.5. The average molecular weight is 260 g/mol. The van der Waals surface area contributed by atoms with Crippen LogP contribution < -0.4 is 5.32 Å². The maximum Gasteiger partial charge on any atom is 0.0900 e. The second-order valence-electron chi connectivity index (χ2n) is 4.35. The van der Waals surface area contributed by atoms with Crippen molar-refractivity contribution in [3.63, 3.8) is 0 Å². The highest BCUT2D eigenvalue weighted by Crippen LogP contribution is 2.21. The summed E-state index contributed by atoms with van der Waals surface area (Å²) in [6, 6.07) is 0.491. The number of halogens is 1. The van der Waals surface area contributed by atoms with Crippen molar-refractivity contribution in [2.24, 2.45) is 7.05 Å². The van der Waals surface area contributed by atoms with Crippen LogP contribution in [0.3, 0.4) is 0 Å². The number of aromatic nitrogens is 2. The van der Waals surface area contributed by atoms with E-state index in [0.717, 1.165) is 29.4 Å². The fourth-order valence-electron chi connectivity index (χ4n) is 1.57. The predicted octanol–water partition coefficient (Wildman–Crippen LogP) is 2.15. The molecule has 0 aliphatic carbocycles. The minimum atomic E-state index is 0.491. The van der Waals surface area contributed by atoms with E-state index in [2.05, 4.69) is 24.3 Å². The van der Waals surface area contributed by atoms with Crippen LogP contribution >= 0.6 is 11.6 Å². The molecule has 5 heteroatoms. The number of nitrogens with zero attached hydrogens (tertiary/aromatic N) is 2. The van der Waals surface area contributed by atoms with Crippen LogP contribution in [0.1, 0.15) is 32.2 Å². The predicted molar refractivity (Wildman–Crippen MR) is 70.4 cm³/mol. The number of rotatable bonds is 7. The van der Waals surface area contributed by atoms with Gasteiger partial charge in [-0.1, -0.05) is 32.4 Å². The fraction of sp³-hybridized carbons (Fsp3) is 0.750. The molecule has 1 aromatic rings. The lowest BCUT2D eigenvalue weighted by Crippen LogP contribution is -2.26. The van der Waals surface area contributed by atoms with E-state index in [0.29, 0.717) is 19.3 Å². The summed E-state index contributed by atoms with van der Waals surface area (Å²) in [4.78, 5) is 0. The van der Waals surface area contributed by atoms with Crippen molar-refractivity contribution >= 4 is 11.6 Å². The van der Waals surface area contributed by atoms with Gasteiger partial charge in [-0.15, -0.1) is 0 Å². The molecule has 4 nitrogen and oxygen atoms in total. The third-order valence-electron chi connectivity index (χ3n) is 2.54. The molecule has 1 N–H and O–H groups in total. The first-order chi connectivity index (χ1) is 8.06. The summed E-state index contributed by atoms with van der Waals surface area (Å²) in [5, 5.41) is 8.38. The van der Waals surface area contributed by atoms with E-state index in [1.165, 1.54) is 0 Å². The molecule has 0 unspecified atom stereocenters. The summed E-state index contributed by atoms with van der Waals surface area (Å²) >= 11 is 6.21. The Kier molecular flexibility index (Phi) is 5.95. The van der Waals surface area contributed by atoms with Gasteiger partial charge in [0.25, 0.3) is 0 Å². The van der Waals surface area contributed by atoms with Crippen molar-refractivity contribution in [2.45, 2.75) is 39.8 Å². The van der Waals surface area contributed by atoms with Gasteiger partial charge < -0.3 is 10.1 Å². The van der Waals surface area contributed by atoms with Gasteiger partial charge in [-0.25, -0.2) is 0 Å². The molecule has 1 heterocycles. The normalized spacial score (nSPS) is 11.4. The Hall–Kier alpha value is -0.580. The number of hydrogen-bond acceptors (Lipinski definition) is 3. The molecule has 0 radical (unpaired) electrons. The molecule has 1 aromatic heterocycles. The molecule has 0 fully saturated rings. The molecule has 0 bridgehead atoms. The fourth-order valence-corrected chi connectivity index (χ4v) is 1.91. The number of ether oxygens (including phenoxy) is 1. The lowest BCUT2D eigenvalue weighted by molar-refractivity contribution is 0.116. The second-order valence-corrected chi connectivity index (χ2v) is 4.72. The Morgan fingerprint density at radius 3 is 2.71 bits per heavy atom. The van der Waals surface area contributed by atoms with Crippen LogP contribution in [0.4, 0.5) is 0 Å². The Morgan fingerprint density at radius 2 is 2.18 bits per heavy atom. The van der Waals surface area contributed by atoms with Gasteiger partial charge in [0, 0.05) is 19.6 Å². The van der Waals surface area contributed by atoms with Crippen molar-refractivity contribution in [1.82, 2.24) is 15.1 Å². The Balaban J connectivity index is 2.39. The quantitative estimate of drug-likeness (QED) is 0.763. The van der Waals surface area contributed by atoms with Crippen LogP contribution in [0.2, 0.25) is 5.02 Å². The molecule has 0 atom stereocenters. The van der Waals surface area contributed by atoms with E-state index >= 15 is 0 Å². The standard InChI is InChI=1S/C12H22ClN3O/c1-5-10-12(13)11(16(4)15-10)8-17-7-6-14-9(2)3/h9,14H,5-8H2,1-4H3. The lowest BCUT2D eigenvalue weighted by atomic mass is 10.3. The third kappa shape index (κ3) is 4.30. The van der Waals surface area contributed by atoms with Gasteiger partial charge in [0.1, 0.15) is 0 Å². The molecule has 0 aromatic carbocycles. The van der Waals surface area contributed by atoms with Gasteiger partial charge in [-0.3, -0.25) is 4.68 Å². The highest BCUT2D eigenvalue weighted by molar-refractivity contribution is 6.31. The highest BCUT2D eigenvalue weighted by Gasteiger charge is 2.12. The zero-order valence-corrected chi connectivity index (χ0v) is 11.8. The first-order valence-corrected chi connectivity index (χ1v) is 6.45. The van der Waals surface area contributed by atoms with Crippen LogP contribution in [0.25, 0.3) is 0 Å².